The van der Waals surface area contributed by atoms with E-state index in [0.29, 0.717) is 34.2 Å². The predicted molar refractivity (Wildman–Crippen MR) is 80.7 cm³/mol. The Morgan fingerprint density at radius 3 is 2.79 bits per heavy atom. The van der Waals surface area contributed by atoms with Crippen molar-refractivity contribution in [1.29, 1.82) is 0 Å². The zero-order valence-electron chi connectivity index (χ0n) is 10.6. The first kappa shape index (κ1) is 15.1. The minimum atomic E-state index is -3.54. The van der Waals surface area contributed by atoms with Crippen molar-refractivity contribution in [2.24, 2.45) is 5.92 Å². The molecule has 2 N–H and O–H groups in total. The van der Waals surface area contributed by atoms with Gasteiger partial charge in [0.15, 0.2) is 0 Å². The van der Waals surface area contributed by atoms with Gasteiger partial charge in [0.1, 0.15) is 0 Å². The van der Waals surface area contributed by atoms with Crippen LogP contribution in [0.4, 0.5) is 5.69 Å². The normalized spacial score (nSPS) is 20.9. The highest BCUT2D eigenvalue weighted by atomic mass is 79.9. The zero-order valence-corrected chi connectivity index (χ0v) is 13.7. The molecule has 1 atom stereocenters. The molecule has 0 amide bonds. The second-order valence-electron chi connectivity index (χ2n) is 4.73. The standard InChI is InChI=1S/C12H16BrClN2O2S/c1-2-8-3-4-16(7-8)19(17,18)11-6-9(14)5-10(15)12(11)13/h5-6,8H,2-4,7,15H2,1H3. The average molecular weight is 368 g/mol. The number of benzene rings is 1. The van der Waals surface area contributed by atoms with Crippen LogP contribution in [0.15, 0.2) is 21.5 Å². The Kier molecular flexibility index (Phi) is 4.45. The van der Waals surface area contributed by atoms with Crippen LogP contribution in [0.3, 0.4) is 0 Å². The van der Waals surface area contributed by atoms with E-state index in [1.807, 2.05) is 0 Å². The summed E-state index contributed by atoms with van der Waals surface area (Å²) in [6, 6.07) is 2.97. The van der Waals surface area contributed by atoms with Gasteiger partial charge in [-0.3, -0.25) is 0 Å². The molecule has 1 aliphatic heterocycles. The highest BCUT2D eigenvalue weighted by Gasteiger charge is 2.33. The van der Waals surface area contributed by atoms with E-state index in [1.54, 1.807) is 0 Å². The van der Waals surface area contributed by atoms with Crippen LogP contribution in [-0.2, 0) is 10.0 Å². The molecule has 19 heavy (non-hydrogen) atoms. The van der Waals surface area contributed by atoms with Gasteiger partial charge >= 0.3 is 0 Å². The number of nitrogen functional groups attached to an aromatic ring is 1. The molecule has 1 heterocycles. The number of rotatable bonds is 3. The maximum absolute atomic E-state index is 12.6. The lowest BCUT2D eigenvalue weighted by atomic mass is 10.1. The monoisotopic (exact) mass is 366 g/mol. The van der Waals surface area contributed by atoms with Crippen LogP contribution >= 0.6 is 27.5 Å². The number of hydrogen-bond donors (Lipinski definition) is 1. The molecule has 0 aromatic heterocycles. The summed E-state index contributed by atoms with van der Waals surface area (Å²) in [4.78, 5) is 0.147. The third-order valence-corrected chi connectivity index (χ3v) is 6.73. The third-order valence-electron chi connectivity index (χ3n) is 3.48. The molecule has 7 heteroatoms. The molecule has 0 saturated carbocycles. The number of anilines is 1. The number of halogens is 2. The lowest BCUT2D eigenvalue weighted by Gasteiger charge is -2.18. The molecule has 0 spiro atoms. The molecule has 1 aromatic carbocycles. The van der Waals surface area contributed by atoms with Crippen molar-refractivity contribution >= 4 is 43.2 Å². The van der Waals surface area contributed by atoms with E-state index in [4.69, 9.17) is 17.3 Å². The van der Waals surface area contributed by atoms with Gasteiger partial charge in [-0.2, -0.15) is 4.31 Å². The van der Waals surface area contributed by atoms with Gasteiger partial charge in [-0.05, 0) is 40.4 Å². The van der Waals surface area contributed by atoms with Crippen molar-refractivity contribution in [3.05, 3.63) is 21.6 Å². The van der Waals surface area contributed by atoms with E-state index in [0.717, 1.165) is 12.8 Å². The fraction of sp³-hybridized carbons (Fsp3) is 0.500. The van der Waals surface area contributed by atoms with E-state index < -0.39 is 10.0 Å². The highest BCUT2D eigenvalue weighted by Crippen LogP contribution is 2.35. The zero-order chi connectivity index (χ0) is 14.2. The third kappa shape index (κ3) is 2.91. The fourth-order valence-corrected chi connectivity index (χ4v) is 5.05. The molecule has 1 unspecified atom stereocenters. The number of nitrogens with zero attached hydrogens (tertiary/aromatic N) is 1. The number of nitrogens with two attached hydrogens (primary N) is 1. The van der Waals surface area contributed by atoms with E-state index in [1.165, 1.54) is 16.4 Å². The Morgan fingerprint density at radius 2 is 2.21 bits per heavy atom. The van der Waals surface area contributed by atoms with Crippen LogP contribution in [0.2, 0.25) is 5.02 Å². The van der Waals surface area contributed by atoms with Gasteiger partial charge in [0.25, 0.3) is 0 Å². The van der Waals surface area contributed by atoms with Gasteiger partial charge in [0.05, 0.1) is 9.37 Å². The molecule has 2 rings (SSSR count). The lowest BCUT2D eigenvalue weighted by Crippen LogP contribution is -2.29. The molecule has 0 bridgehead atoms. The molecule has 1 aliphatic rings. The van der Waals surface area contributed by atoms with E-state index in [9.17, 15) is 8.42 Å². The summed E-state index contributed by atoms with van der Waals surface area (Å²) in [7, 11) is -3.54. The van der Waals surface area contributed by atoms with Gasteiger partial charge in [-0.25, -0.2) is 8.42 Å². The SMILES string of the molecule is CCC1CCN(S(=O)(=O)c2cc(Cl)cc(N)c2Br)C1. The summed E-state index contributed by atoms with van der Waals surface area (Å²) in [5.41, 5.74) is 6.09. The topological polar surface area (TPSA) is 63.4 Å². The summed E-state index contributed by atoms with van der Waals surface area (Å²) in [5.74, 6) is 0.435. The molecular weight excluding hydrogens is 352 g/mol. The molecule has 1 saturated heterocycles. The smallest absolute Gasteiger partial charge is 0.244 e. The summed E-state index contributed by atoms with van der Waals surface area (Å²) in [5, 5.41) is 0.325. The largest absolute Gasteiger partial charge is 0.398 e. The first-order chi connectivity index (χ1) is 8.86. The summed E-state index contributed by atoms with van der Waals surface area (Å²) in [6.07, 6.45) is 1.90. The Labute approximate surface area is 127 Å². The van der Waals surface area contributed by atoms with E-state index in [-0.39, 0.29) is 4.90 Å². The van der Waals surface area contributed by atoms with Crippen LogP contribution in [0.1, 0.15) is 19.8 Å². The first-order valence-corrected chi connectivity index (χ1v) is 8.72. The number of sulfonamides is 1. The maximum Gasteiger partial charge on any atom is 0.244 e. The molecule has 1 fully saturated rings. The van der Waals surface area contributed by atoms with Crippen LogP contribution in [0.25, 0.3) is 0 Å². The minimum Gasteiger partial charge on any atom is -0.398 e. The Morgan fingerprint density at radius 1 is 1.53 bits per heavy atom. The highest BCUT2D eigenvalue weighted by molar-refractivity contribution is 9.10. The Balaban J connectivity index is 2.41. The van der Waals surface area contributed by atoms with Crippen molar-refractivity contribution in [3.63, 3.8) is 0 Å². The van der Waals surface area contributed by atoms with Gasteiger partial charge in [0, 0.05) is 23.8 Å². The predicted octanol–water partition coefficient (Wildman–Crippen LogP) is 3.11. The first-order valence-electron chi connectivity index (χ1n) is 6.11. The van der Waals surface area contributed by atoms with Gasteiger partial charge in [0.2, 0.25) is 10.0 Å². The second kappa shape index (κ2) is 5.60. The van der Waals surface area contributed by atoms with Gasteiger partial charge in [-0.1, -0.05) is 24.9 Å². The van der Waals surface area contributed by atoms with Crippen molar-refractivity contribution in [2.45, 2.75) is 24.7 Å². The quantitative estimate of drug-likeness (QED) is 0.835. The van der Waals surface area contributed by atoms with Crippen molar-refractivity contribution in [2.75, 3.05) is 18.8 Å². The lowest BCUT2D eigenvalue weighted by molar-refractivity contribution is 0.452. The van der Waals surface area contributed by atoms with Crippen molar-refractivity contribution in [1.82, 2.24) is 4.31 Å². The summed E-state index contributed by atoms with van der Waals surface area (Å²) >= 11 is 9.15. The maximum atomic E-state index is 12.6. The second-order valence-corrected chi connectivity index (χ2v) is 7.87. The van der Waals surface area contributed by atoms with Gasteiger partial charge in [-0.15, -0.1) is 0 Å². The van der Waals surface area contributed by atoms with E-state index >= 15 is 0 Å². The number of hydrogen-bond acceptors (Lipinski definition) is 3. The summed E-state index contributed by atoms with van der Waals surface area (Å²) < 4.78 is 27.1. The van der Waals surface area contributed by atoms with Crippen LogP contribution in [-0.4, -0.2) is 25.8 Å². The summed E-state index contributed by atoms with van der Waals surface area (Å²) in [6.45, 7) is 3.20. The van der Waals surface area contributed by atoms with Crippen LogP contribution in [0, 0.1) is 5.92 Å². The average Bonchev–Trinajstić information content (AvgIpc) is 2.83. The van der Waals surface area contributed by atoms with Crippen molar-refractivity contribution in [3.8, 4) is 0 Å². The van der Waals surface area contributed by atoms with E-state index in [2.05, 4.69) is 22.9 Å². The molecule has 0 aliphatic carbocycles. The van der Waals surface area contributed by atoms with Crippen LogP contribution in [0.5, 0.6) is 0 Å². The fourth-order valence-electron chi connectivity index (χ4n) is 2.26. The minimum absolute atomic E-state index is 0.147. The Bertz CT molecular complexity index is 592. The Hall–Kier alpha value is -0.300. The molecule has 4 nitrogen and oxygen atoms in total. The van der Waals surface area contributed by atoms with Crippen LogP contribution < -0.4 is 5.73 Å². The molecule has 0 radical (unpaired) electrons. The molecular formula is C12H16BrClN2O2S. The molecule has 106 valence electrons. The molecule has 1 aromatic rings. The van der Waals surface area contributed by atoms with Gasteiger partial charge < -0.3 is 5.73 Å². The van der Waals surface area contributed by atoms with Crippen molar-refractivity contribution < 1.29 is 8.42 Å².